The lowest BCUT2D eigenvalue weighted by Gasteiger charge is -2.54. The number of methoxy groups -OCH3 is 1. The number of nitrogens with zero attached hydrogens (tertiary/aromatic N) is 3. The van der Waals surface area contributed by atoms with Crippen molar-refractivity contribution in [3.8, 4) is 0 Å². The minimum atomic E-state index is -0.295. The topological polar surface area (TPSA) is 57.2 Å². The van der Waals surface area contributed by atoms with Gasteiger partial charge in [0.05, 0.1) is 7.11 Å². The number of piperidine rings is 1. The largest absolute Gasteiger partial charge is 0.453 e. The fraction of sp³-hybridized carbons (Fsp3) is 0.750. The van der Waals surface area contributed by atoms with Gasteiger partial charge in [0.25, 0.3) is 0 Å². The zero-order valence-corrected chi connectivity index (χ0v) is 26.6. The van der Waals surface area contributed by atoms with Crippen molar-refractivity contribution in [2.45, 2.75) is 113 Å². The Balaban J connectivity index is 0.000000763. The van der Waals surface area contributed by atoms with Gasteiger partial charge >= 0.3 is 6.09 Å². The van der Waals surface area contributed by atoms with Crippen molar-refractivity contribution in [1.29, 1.82) is 0 Å². The molecule has 2 heterocycles. The summed E-state index contributed by atoms with van der Waals surface area (Å²) in [6, 6.07) is 0.358. The average molecular weight is 533 g/mol. The Bertz CT molecular complexity index is 762. The van der Waals surface area contributed by atoms with Gasteiger partial charge in [-0.25, -0.2) is 9.79 Å². The predicted molar refractivity (Wildman–Crippen MR) is 166 cm³/mol. The van der Waals surface area contributed by atoms with Crippen molar-refractivity contribution in [1.82, 2.24) is 15.1 Å². The molecule has 0 radical (unpaired) electrons. The third-order valence-corrected chi connectivity index (χ3v) is 7.41. The first-order valence-electron chi connectivity index (χ1n) is 15.1. The summed E-state index contributed by atoms with van der Waals surface area (Å²) in [5.74, 6) is 1.11. The Kier molecular flexibility index (Phi) is 18.8. The number of hydrogen-bond donors (Lipinski definition) is 1. The molecular formula is C32H60N4O2. The second-order valence-electron chi connectivity index (χ2n) is 10.4. The lowest BCUT2D eigenvalue weighted by Crippen LogP contribution is -2.59. The minimum Gasteiger partial charge on any atom is -0.453 e. The third-order valence-electron chi connectivity index (χ3n) is 7.41. The molecule has 3 aliphatic rings. The molecule has 2 aliphatic heterocycles. The fourth-order valence-electron chi connectivity index (χ4n) is 4.97. The molecule has 2 saturated heterocycles. The van der Waals surface area contributed by atoms with E-state index in [1.165, 1.54) is 63.4 Å². The Morgan fingerprint density at radius 3 is 2.08 bits per heavy atom. The Morgan fingerprint density at radius 2 is 1.63 bits per heavy atom. The van der Waals surface area contributed by atoms with Gasteiger partial charge in [0.2, 0.25) is 0 Å². The number of allylic oxidation sites excluding steroid dienone is 4. The van der Waals surface area contributed by atoms with Crippen molar-refractivity contribution >= 4 is 12.3 Å². The number of nitrogens with one attached hydrogen (secondary N) is 1. The predicted octanol–water partition coefficient (Wildman–Crippen LogP) is 7.98. The summed E-state index contributed by atoms with van der Waals surface area (Å²) in [5, 5.41) is 2.81. The summed E-state index contributed by atoms with van der Waals surface area (Å²) in [7, 11) is 3.63. The minimum absolute atomic E-state index is 0.295. The van der Waals surface area contributed by atoms with Gasteiger partial charge in [0.15, 0.2) is 0 Å². The number of carbonyl (C=O) groups excluding carboxylic acids is 1. The van der Waals surface area contributed by atoms with Crippen molar-refractivity contribution in [2.75, 3.05) is 40.3 Å². The number of aliphatic imine (C=N–C) groups is 1. The van der Waals surface area contributed by atoms with Crippen LogP contribution in [0.4, 0.5) is 4.79 Å². The van der Waals surface area contributed by atoms with Gasteiger partial charge in [0, 0.05) is 36.3 Å². The molecule has 0 aromatic rings. The molecule has 220 valence electrons. The second-order valence-corrected chi connectivity index (χ2v) is 10.4. The smallest absolute Gasteiger partial charge is 0.407 e. The van der Waals surface area contributed by atoms with E-state index in [-0.39, 0.29) is 6.09 Å². The van der Waals surface area contributed by atoms with Crippen LogP contribution in [0.1, 0.15) is 107 Å². The van der Waals surface area contributed by atoms with Crippen molar-refractivity contribution in [3.63, 3.8) is 0 Å². The summed E-state index contributed by atoms with van der Waals surface area (Å²) in [6.45, 7) is 25.4. The van der Waals surface area contributed by atoms with Crippen LogP contribution in [0.3, 0.4) is 0 Å². The molecule has 0 unspecified atom stereocenters. The van der Waals surface area contributed by atoms with Gasteiger partial charge in [-0.15, -0.1) is 0 Å². The average Bonchev–Trinajstić information content (AvgIpc) is 2.93. The highest BCUT2D eigenvalue weighted by Gasteiger charge is 2.45. The first-order chi connectivity index (χ1) is 18.2. The van der Waals surface area contributed by atoms with Crippen LogP contribution >= 0.6 is 0 Å². The first kappa shape index (κ1) is 35.9. The van der Waals surface area contributed by atoms with E-state index in [0.717, 1.165) is 43.7 Å². The van der Waals surface area contributed by atoms with E-state index in [4.69, 9.17) is 4.99 Å². The third kappa shape index (κ3) is 12.2. The molecule has 1 aliphatic carbocycles. The number of amides is 1. The molecule has 0 aromatic heterocycles. The van der Waals surface area contributed by atoms with Crippen LogP contribution in [-0.2, 0) is 4.74 Å². The van der Waals surface area contributed by atoms with E-state index < -0.39 is 0 Å². The maximum Gasteiger partial charge on any atom is 0.407 e. The molecule has 0 atom stereocenters. The van der Waals surface area contributed by atoms with Crippen LogP contribution < -0.4 is 5.32 Å². The molecule has 1 amide bonds. The SMILES string of the molecule is C=C(C)C(/C=C(\C)CC)=C(\N=C/C)N1CC2(CCN(C)CC2)C1.CC.CC.COC(=O)NC1CCCCC1. The number of rotatable bonds is 6. The van der Waals surface area contributed by atoms with E-state index in [1.54, 1.807) is 0 Å². The summed E-state index contributed by atoms with van der Waals surface area (Å²) in [6.07, 6.45) is 13.6. The van der Waals surface area contributed by atoms with Gasteiger partial charge in [-0.1, -0.05) is 72.1 Å². The van der Waals surface area contributed by atoms with E-state index in [9.17, 15) is 4.79 Å². The van der Waals surface area contributed by atoms with Crippen LogP contribution in [0.5, 0.6) is 0 Å². The number of carbonyl (C=O) groups is 1. The summed E-state index contributed by atoms with van der Waals surface area (Å²) in [4.78, 5) is 20.4. The lowest BCUT2D eigenvalue weighted by atomic mass is 9.72. The van der Waals surface area contributed by atoms with Crippen LogP contribution in [0.2, 0.25) is 0 Å². The molecule has 1 spiro atoms. The summed E-state index contributed by atoms with van der Waals surface area (Å²) in [5.41, 5.74) is 4.19. The molecule has 38 heavy (non-hydrogen) atoms. The van der Waals surface area contributed by atoms with E-state index in [2.05, 4.69) is 60.3 Å². The molecule has 6 heteroatoms. The number of likely N-dealkylation sites (tertiary alicyclic amines) is 2. The fourth-order valence-corrected chi connectivity index (χ4v) is 4.97. The quantitative estimate of drug-likeness (QED) is 0.278. The van der Waals surface area contributed by atoms with Crippen LogP contribution in [0.15, 0.2) is 40.2 Å². The number of ether oxygens (including phenoxy) is 1. The molecule has 1 N–H and O–H groups in total. The summed E-state index contributed by atoms with van der Waals surface area (Å²) < 4.78 is 4.50. The zero-order chi connectivity index (χ0) is 29.1. The van der Waals surface area contributed by atoms with Crippen LogP contribution in [0, 0.1) is 5.41 Å². The maximum atomic E-state index is 10.7. The summed E-state index contributed by atoms with van der Waals surface area (Å²) >= 11 is 0. The highest BCUT2D eigenvalue weighted by Crippen LogP contribution is 2.43. The molecular weight excluding hydrogens is 472 g/mol. The van der Waals surface area contributed by atoms with Gasteiger partial charge < -0.3 is 19.9 Å². The van der Waals surface area contributed by atoms with Crippen molar-refractivity contribution in [2.24, 2.45) is 10.4 Å². The van der Waals surface area contributed by atoms with E-state index in [1.807, 2.05) is 40.8 Å². The van der Waals surface area contributed by atoms with E-state index in [0.29, 0.717) is 11.5 Å². The highest BCUT2D eigenvalue weighted by atomic mass is 16.5. The van der Waals surface area contributed by atoms with E-state index >= 15 is 0 Å². The van der Waals surface area contributed by atoms with Crippen LogP contribution in [0.25, 0.3) is 0 Å². The highest BCUT2D eigenvalue weighted by molar-refractivity contribution is 5.67. The molecule has 0 aromatic carbocycles. The van der Waals surface area contributed by atoms with Gasteiger partial charge in [-0.3, -0.25) is 0 Å². The Hall–Kier alpha value is -2.08. The standard InChI is InChI=1S/C20H33N3.C8H15NO2.2C2H6/c1-7-17(5)13-18(16(3)4)19(21-8-2)23-14-20(15-23)9-11-22(6)12-10-20;1-11-8(10)9-7-5-3-2-4-6-7;2*1-2/h8,13H,3,7,9-12,14-15H2,1-2,4-6H3;7H,2-6H2,1H3,(H,9,10);2*1-2H3/b17-13+,19-18+,21-8-;;;. The van der Waals surface area contributed by atoms with Crippen molar-refractivity contribution < 1.29 is 9.53 Å². The monoisotopic (exact) mass is 532 g/mol. The van der Waals surface area contributed by atoms with Gasteiger partial charge in [-0.05, 0) is 78.6 Å². The molecule has 1 saturated carbocycles. The molecule has 6 nitrogen and oxygen atoms in total. The first-order valence-corrected chi connectivity index (χ1v) is 15.1. The van der Waals surface area contributed by atoms with Gasteiger partial charge in [0.1, 0.15) is 5.82 Å². The van der Waals surface area contributed by atoms with Crippen LogP contribution in [-0.4, -0.2) is 68.5 Å². The number of hydrogen-bond acceptors (Lipinski definition) is 5. The second kappa shape index (κ2) is 19.9. The molecule has 3 rings (SSSR count). The zero-order valence-electron chi connectivity index (χ0n) is 26.6. The van der Waals surface area contributed by atoms with Crippen molar-refractivity contribution in [3.05, 3.63) is 35.2 Å². The Morgan fingerprint density at radius 1 is 1.08 bits per heavy atom. The van der Waals surface area contributed by atoms with Gasteiger partial charge in [-0.2, -0.15) is 0 Å². The normalized spacial score (nSPS) is 19.9. The lowest BCUT2D eigenvalue weighted by molar-refractivity contribution is -0.0223. The molecule has 0 bridgehead atoms. The molecule has 3 fully saturated rings. The maximum absolute atomic E-state index is 10.7. The Labute approximate surface area is 235 Å². The number of alkyl carbamates (subject to hydrolysis) is 1.